The summed E-state index contributed by atoms with van der Waals surface area (Å²) in [7, 11) is 0. The fraction of sp³-hybridized carbons (Fsp3) is 0.250. The molecule has 0 bridgehead atoms. The number of thiophene rings is 1. The molecule has 6 heteroatoms. The van der Waals surface area contributed by atoms with E-state index < -0.39 is 0 Å². The van der Waals surface area contributed by atoms with Gasteiger partial charge in [-0.15, -0.1) is 0 Å². The summed E-state index contributed by atoms with van der Waals surface area (Å²) in [6, 6.07) is 8.94. The van der Waals surface area contributed by atoms with Crippen LogP contribution in [0.15, 0.2) is 41.1 Å². The van der Waals surface area contributed by atoms with Crippen LogP contribution in [0, 0.1) is 0 Å². The van der Waals surface area contributed by atoms with Crippen LogP contribution in [0.1, 0.15) is 12.5 Å². The van der Waals surface area contributed by atoms with Crippen LogP contribution < -0.4 is 10.1 Å². The van der Waals surface area contributed by atoms with Crippen molar-refractivity contribution in [2.75, 3.05) is 18.5 Å². The molecule has 0 fully saturated rings. The van der Waals surface area contributed by atoms with E-state index in [0.717, 1.165) is 5.56 Å². The molecule has 0 spiro atoms. The molecule has 22 heavy (non-hydrogen) atoms. The molecule has 1 heterocycles. The summed E-state index contributed by atoms with van der Waals surface area (Å²) in [5.74, 6) is 0.481. The van der Waals surface area contributed by atoms with E-state index in [1.54, 1.807) is 40.5 Å². The van der Waals surface area contributed by atoms with Crippen molar-refractivity contribution in [1.29, 1.82) is 0 Å². The second-order valence-corrected chi connectivity index (χ2v) is 5.40. The van der Waals surface area contributed by atoms with E-state index in [4.69, 9.17) is 4.74 Å². The highest BCUT2D eigenvalue weighted by molar-refractivity contribution is 7.07. The van der Waals surface area contributed by atoms with Crippen molar-refractivity contribution in [3.8, 4) is 5.75 Å². The van der Waals surface area contributed by atoms with Crippen molar-refractivity contribution in [2.45, 2.75) is 13.5 Å². The smallest absolute Gasteiger partial charge is 0.260 e. The SMILES string of the molecule is CCN(Cc1ccsc1)C(=O)COc1cccc(NC=O)c1. The van der Waals surface area contributed by atoms with Crippen molar-refractivity contribution < 1.29 is 14.3 Å². The highest BCUT2D eigenvalue weighted by atomic mass is 32.1. The molecule has 0 saturated heterocycles. The summed E-state index contributed by atoms with van der Waals surface area (Å²) in [6.07, 6.45) is 0.601. The zero-order chi connectivity index (χ0) is 15.8. The van der Waals surface area contributed by atoms with Gasteiger partial charge in [-0.25, -0.2) is 0 Å². The van der Waals surface area contributed by atoms with Gasteiger partial charge in [0.05, 0.1) is 0 Å². The van der Waals surface area contributed by atoms with Gasteiger partial charge < -0.3 is 15.0 Å². The predicted molar refractivity (Wildman–Crippen MR) is 87.0 cm³/mol. The van der Waals surface area contributed by atoms with E-state index in [-0.39, 0.29) is 12.5 Å². The van der Waals surface area contributed by atoms with Gasteiger partial charge in [-0.1, -0.05) is 6.07 Å². The number of nitrogens with one attached hydrogen (secondary N) is 1. The van der Waals surface area contributed by atoms with E-state index in [9.17, 15) is 9.59 Å². The molecular weight excluding hydrogens is 300 g/mol. The minimum Gasteiger partial charge on any atom is -0.484 e. The Hall–Kier alpha value is -2.34. The molecule has 1 aromatic carbocycles. The van der Waals surface area contributed by atoms with Crippen molar-refractivity contribution >= 4 is 29.3 Å². The number of anilines is 1. The van der Waals surface area contributed by atoms with E-state index in [1.165, 1.54) is 0 Å². The van der Waals surface area contributed by atoms with Gasteiger partial charge in [-0.05, 0) is 41.4 Å². The fourth-order valence-corrected chi connectivity index (χ4v) is 2.62. The van der Waals surface area contributed by atoms with Crippen LogP contribution in [0.5, 0.6) is 5.75 Å². The van der Waals surface area contributed by atoms with Crippen LogP contribution in [0.4, 0.5) is 5.69 Å². The van der Waals surface area contributed by atoms with Gasteiger partial charge in [0.2, 0.25) is 6.41 Å². The zero-order valence-electron chi connectivity index (χ0n) is 12.3. The van der Waals surface area contributed by atoms with Crippen molar-refractivity contribution in [3.63, 3.8) is 0 Å². The number of likely N-dealkylation sites (N-methyl/N-ethyl adjacent to an activating group) is 1. The zero-order valence-corrected chi connectivity index (χ0v) is 13.1. The molecule has 0 unspecified atom stereocenters. The third-order valence-electron chi connectivity index (χ3n) is 3.11. The lowest BCUT2D eigenvalue weighted by Gasteiger charge is -2.20. The lowest BCUT2D eigenvalue weighted by molar-refractivity contribution is -0.133. The number of amides is 2. The molecule has 0 aliphatic rings. The molecule has 2 amide bonds. The summed E-state index contributed by atoms with van der Waals surface area (Å²) in [6.45, 7) is 3.14. The number of carbonyl (C=O) groups is 2. The molecule has 1 N–H and O–H groups in total. The molecule has 0 aliphatic heterocycles. The summed E-state index contributed by atoms with van der Waals surface area (Å²) < 4.78 is 5.51. The summed E-state index contributed by atoms with van der Waals surface area (Å²) in [4.78, 5) is 24.4. The van der Waals surface area contributed by atoms with E-state index in [0.29, 0.717) is 30.9 Å². The number of benzene rings is 1. The van der Waals surface area contributed by atoms with E-state index >= 15 is 0 Å². The Kier molecular flexibility index (Phi) is 5.97. The minimum absolute atomic E-state index is 0.0253. The molecular formula is C16H18N2O3S. The monoisotopic (exact) mass is 318 g/mol. The number of rotatable bonds is 8. The standard InChI is InChI=1S/C16H18N2O3S/c1-2-18(9-13-6-7-22-11-13)16(20)10-21-15-5-3-4-14(8-15)17-12-19/h3-8,11-12H,2,9-10H2,1H3,(H,17,19). The van der Waals surface area contributed by atoms with Gasteiger partial charge >= 0.3 is 0 Å². The molecule has 0 atom stereocenters. The predicted octanol–water partition coefficient (Wildman–Crippen LogP) is 2.74. The summed E-state index contributed by atoms with van der Waals surface area (Å²) in [5, 5.41) is 6.57. The minimum atomic E-state index is -0.0672. The Morgan fingerprint density at radius 2 is 2.27 bits per heavy atom. The fourth-order valence-electron chi connectivity index (χ4n) is 1.96. The molecule has 116 valence electrons. The molecule has 5 nitrogen and oxygen atoms in total. The van der Waals surface area contributed by atoms with Crippen molar-refractivity contribution in [1.82, 2.24) is 4.90 Å². The molecule has 0 saturated carbocycles. The maximum atomic E-state index is 12.2. The number of ether oxygens (including phenoxy) is 1. The Bertz CT molecular complexity index is 614. The maximum absolute atomic E-state index is 12.2. The maximum Gasteiger partial charge on any atom is 0.260 e. The quantitative estimate of drug-likeness (QED) is 0.761. The molecule has 2 rings (SSSR count). The number of hydrogen-bond acceptors (Lipinski definition) is 4. The highest BCUT2D eigenvalue weighted by Gasteiger charge is 2.13. The Balaban J connectivity index is 1.90. The van der Waals surface area contributed by atoms with Crippen LogP contribution in [0.3, 0.4) is 0 Å². The van der Waals surface area contributed by atoms with Crippen LogP contribution in [0.25, 0.3) is 0 Å². The van der Waals surface area contributed by atoms with Crippen molar-refractivity contribution in [2.24, 2.45) is 0 Å². The van der Waals surface area contributed by atoms with Gasteiger partial charge in [0.1, 0.15) is 5.75 Å². The van der Waals surface area contributed by atoms with Crippen LogP contribution in [-0.2, 0) is 16.1 Å². The third-order valence-corrected chi connectivity index (χ3v) is 3.84. The van der Waals surface area contributed by atoms with Gasteiger partial charge in [0.25, 0.3) is 5.91 Å². The number of nitrogens with zero attached hydrogens (tertiary/aromatic N) is 1. The lowest BCUT2D eigenvalue weighted by atomic mass is 10.3. The van der Waals surface area contributed by atoms with Gasteiger partial charge in [0, 0.05) is 24.8 Å². The molecule has 2 aromatic rings. The first-order valence-corrected chi connectivity index (χ1v) is 7.89. The topological polar surface area (TPSA) is 58.6 Å². The lowest BCUT2D eigenvalue weighted by Crippen LogP contribution is -2.34. The molecule has 0 aliphatic carbocycles. The second-order valence-electron chi connectivity index (χ2n) is 4.62. The first-order chi connectivity index (χ1) is 10.7. The summed E-state index contributed by atoms with van der Waals surface area (Å²) >= 11 is 1.62. The number of carbonyl (C=O) groups excluding carboxylic acids is 2. The van der Waals surface area contributed by atoms with E-state index in [1.807, 2.05) is 23.8 Å². The highest BCUT2D eigenvalue weighted by Crippen LogP contribution is 2.17. The van der Waals surface area contributed by atoms with Crippen LogP contribution in [0.2, 0.25) is 0 Å². The van der Waals surface area contributed by atoms with E-state index in [2.05, 4.69) is 5.32 Å². The first kappa shape index (κ1) is 16.0. The largest absolute Gasteiger partial charge is 0.484 e. The first-order valence-electron chi connectivity index (χ1n) is 6.95. The average molecular weight is 318 g/mol. The number of hydrogen-bond donors (Lipinski definition) is 1. The van der Waals surface area contributed by atoms with Gasteiger partial charge in [0.15, 0.2) is 6.61 Å². The van der Waals surface area contributed by atoms with Crippen LogP contribution in [-0.4, -0.2) is 30.4 Å². The van der Waals surface area contributed by atoms with Gasteiger partial charge in [-0.3, -0.25) is 9.59 Å². The molecule has 1 aromatic heterocycles. The normalized spacial score (nSPS) is 10.0. The average Bonchev–Trinajstić information content (AvgIpc) is 3.04. The van der Waals surface area contributed by atoms with Crippen LogP contribution >= 0.6 is 11.3 Å². The third kappa shape index (κ3) is 4.60. The summed E-state index contributed by atoms with van der Waals surface area (Å²) in [5.41, 5.74) is 1.75. The Morgan fingerprint density at radius 3 is 2.95 bits per heavy atom. The van der Waals surface area contributed by atoms with Gasteiger partial charge in [-0.2, -0.15) is 11.3 Å². The van der Waals surface area contributed by atoms with Crippen molar-refractivity contribution in [3.05, 3.63) is 46.7 Å². The molecule has 0 radical (unpaired) electrons. The Labute approximate surface area is 133 Å². The Morgan fingerprint density at radius 1 is 1.41 bits per heavy atom. The second kappa shape index (κ2) is 8.19.